The molecule has 0 aliphatic heterocycles. The first-order chi connectivity index (χ1) is 14.7. The number of nitrogens with zero attached hydrogens (tertiary/aromatic N) is 1. The maximum absolute atomic E-state index is 4.55. The van der Waals surface area contributed by atoms with Crippen molar-refractivity contribution in [3.05, 3.63) is 90.1 Å². The number of anilines is 3. The van der Waals surface area contributed by atoms with E-state index in [9.17, 15) is 0 Å². The Morgan fingerprint density at radius 1 is 0.900 bits per heavy atom. The maximum atomic E-state index is 4.55. The molecular weight excluding hydrogens is 365 g/mol. The fourth-order valence-electron chi connectivity index (χ4n) is 4.40. The summed E-state index contributed by atoms with van der Waals surface area (Å²) in [6.45, 7) is 1.02. The molecule has 0 radical (unpaired) electrons. The van der Waals surface area contributed by atoms with Gasteiger partial charge in [0.1, 0.15) is 13.7 Å². The topological polar surface area (TPSA) is 37.0 Å². The second-order valence-corrected chi connectivity index (χ2v) is 8.34. The molecule has 0 saturated heterocycles. The van der Waals surface area contributed by atoms with Crippen LogP contribution in [0.4, 0.5) is 17.2 Å². The van der Waals surface area contributed by atoms with Crippen molar-refractivity contribution in [3.63, 3.8) is 0 Å². The molecule has 1 unspecified atom stereocenters. The van der Waals surface area contributed by atoms with E-state index in [4.69, 9.17) is 0 Å². The van der Waals surface area contributed by atoms with Crippen LogP contribution in [0.5, 0.6) is 0 Å². The normalized spacial score (nSPS) is 15.5. The van der Waals surface area contributed by atoms with Gasteiger partial charge in [-0.3, -0.25) is 0 Å². The van der Waals surface area contributed by atoms with Crippen molar-refractivity contribution in [1.29, 1.82) is 0 Å². The SMILES string of the molecule is Bc1ccc2ccnc(Nc3ccc(NCC4CCc5ccccc5C4)cc3)c2c1. The summed E-state index contributed by atoms with van der Waals surface area (Å²) in [5, 5.41) is 9.46. The Morgan fingerprint density at radius 3 is 2.57 bits per heavy atom. The van der Waals surface area contributed by atoms with Crippen LogP contribution in [0.15, 0.2) is 79.0 Å². The monoisotopic (exact) mass is 391 g/mol. The fraction of sp³-hybridized carbons (Fsp3) is 0.192. The minimum absolute atomic E-state index is 0.695. The second-order valence-electron chi connectivity index (χ2n) is 8.34. The number of fused-ring (bicyclic) bond motifs is 2. The lowest BCUT2D eigenvalue weighted by atomic mass is 9.84. The van der Waals surface area contributed by atoms with Gasteiger partial charge < -0.3 is 10.6 Å². The van der Waals surface area contributed by atoms with Gasteiger partial charge in [-0.1, -0.05) is 47.9 Å². The summed E-state index contributed by atoms with van der Waals surface area (Å²) in [5.41, 5.74) is 6.51. The molecule has 0 amide bonds. The molecule has 1 aromatic heterocycles. The van der Waals surface area contributed by atoms with Gasteiger partial charge in [0.2, 0.25) is 0 Å². The molecule has 3 aromatic carbocycles. The van der Waals surface area contributed by atoms with E-state index < -0.39 is 0 Å². The number of hydrogen-bond donors (Lipinski definition) is 2. The Hall–Kier alpha value is -3.27. The van der Waals surface area contributed by atoms with Gasteiger partial charge in [0.05, 0.1) is 0 Å². The largest absolute Gasteiger partial charge is 0.385 e. The van der Waals surface area contributed by atoms with Crippen molar-refractivity contribution in [2.45, 2.75) is 19.3 Å². The number of aromatic nitrogens is 1. The molecule has 0 spiro atoms. The van der Waals surface area contributed by atoms with Crippen LogP contribution in [0.1, 0.15) is 17.5 Å². The molecule has 1 aliphatic carbocycles. The lowest BCUT2D eigenvalue weighted by Crippen LogP contribution is -2.21. The van der Waals surface area contributed by atoms with Crippen LogP contribution in [0.25, 0.3) is 10.8 Å². The maximum Gasteiger partial charge on any atom is 0.139 e. The van der Waals surface area contributed by atoms with Gasteiger partial charge in [-0.2, -0.15) is 0 Å². The van der Waals surface area contributed by atoms with E-state index in [0.29, 0.717) is 5.92 Å². The predicted octanol–water partition coefficient (Wildman–Crippen LogP) is 4.45. The molecule has 0 bridgehead atoms. The molecule has 1 aliphatic rings. The Kier molecular flexibility index (Phi) is 5.14. The van der Waals surface area contributed by atoms with E-state index in [-0.39, 0.29) is 0 Å². The molecule has 4 heteroatoms. The molecule has 0 fully saturated rings. The third-order valence-electron chi connectivity index (χ3n) is 6.11. The van der Waals surface area contributed by atoms with Crippen molar-refractivity contribution < 1.29 is 0 Å². The van der Waals surface area contributed by atoms with Crippen LogP contribution < -0.4 is 16.1 Å². The number of rotatable bonds is 5. The number of hydrogen-bond acceptors (Lipinski definition) is 3. The molecule has 148 valence electrons. The highest BCUT2D eigenvalue weighted by Gasteiger charge is 2.17. The first kappa shape index (κ1) is 18.7. The minimum Gasteiger partial charge on any atom is -0.385 e. The van der Waals surface area contributed by atoms with E-state index >= 15 is 0 Å². The molecule has 5 rings (SSSR count). The summed E-state index contributed by atoms with van der Waals surface area (Å²) in [6, 6.07) is 25.9. The van der Waals surface area contributed by atoms with E-state index in [1.807, 2.05) is 6.20 Å². The smallest absolute Gasteiger partial charge is 0.139 e. The standard InChI is InChI=1S/C26H26BN3/c27-22-8-7-20-13-14-28-26(25(20)16-22)30-24-11-9-23(10-12-24)29-17-18-5-6-19-3-1-2-4-21(19)15-18/h1-4,7-14,16,18,29H,5-6,15,17,27H2,(H,28,30). The highest BCUT2D eigenvalue weighted by molar-refractivity contribution is 6.33. The van der Waals surface area contributed by atoms with Crippen LogP contribution in [0, 0.1) is 5.92 Å². The van der Waals surface area contributed by atoms with Crippen molar-refractivity contribution in [2.75, 3.05) is 17.2 Å². The van der Waals surface area contributed by atoms with Crippen molar-refractivity contribution in [1.82, 2.24) is 4.98 Å². The van der Waals surface area contributed by atoms with Crippen LogP contribution in [0.3, 0.4) is 0 Å². The molecule has 30 heavy (non-hydrogen) atoms. The van der Waals surface area contributed by atoms with Crippen LogP contribution in [-0.4, -0.2) is 19.4 Å². The quantitative estimate of drug-likeness (QED) is 0.494. The summed E-state index contributed by atoms with van der Waals surface area (Å²) in [7, 11) is 2.11. The second kappa shape index (κ2) is 8.23. The number of pyridine rings is 1. The average molecular weight is 391 g/mol. The third-order valence-corrected chi connectivity index (χ3v) is 6.11. The van der Waals surface area contributed by atoms with E-state index in [1.54, 1.807) is 0 Å². The number of aryl methyl sites for hydroxylation is 1. The van der Waals surface area contributed by atoms with Gasteiger partial charge in [-0.15, -0.1) is 0 Å². The summed E-state index contributed by atoms with van der Waals surface area (Å²) in [4.78, 5) is 4.55. The first-order valence-electron chi connectivity index (χ1n) is 10.8. The molecule has 3 nitrogen and oxygen atoms in total. The van der Waals surface area contributed by atoms with E-state index in [0.717, 1.165) is 23.4 Å². The Labute approximate surface area is 179 Å². The van der Waals surface area contributed by atoms with E-state index in [2.05, 4.69) is 96.3 Å². The van der Waals surface area contributed by atoms with Gasteiger partial charge in [-0.25, -0.2) is 4.98 Å². The minimum atomic E-state index is 0.695. The van der Waals surface area contributed by atoms with Crippen LogP contribution in [-0.2, 0) is 12.8 Å². The van der Waals surface area contributed by atoms with Crippen LogP contribution >= 0.6 is 0 Å². The molecule has 2 N–H and O–H groups in total. The van der Waals surface area contributed by atoms with Gasteiger partial charge >= 0.3 is 0 Å². The summed E-state index contributed by atoms with van der Waals surface area (Å²) < 4.78 is 0. The number of nitrogens with one attached hydrogen (secondary N) is 2. The Morgan fingerprint density at radius 2 is 1.70 bits per heavy atom. The van der Waals surface area contributed by atoms with Gasteiger partial charge in [-0.05, 0) is 72.0 Å². The average Bonchev–Trinajstić information content (AvgIpc) is 2.79. The summed E-state index contributed by atoms with van der Waals surface area (Å²) in [6.07, 6.45) is 5.49. The zero-order valence-electron chi connectivity index (χ0n) is 17.4. The van der Waals surface area contributed by atoms with E-state index in [1.165, 1.54) is 46.9 Å². The molecule has 1 atom stereocenters. The number of benzene rings is 3. The van der Waals surface area contributed by atoms with Gasteiger partial charge in [0.15, 0.2) is 0 Å². The molecule has 0 saturated carbocycles. The molecule has 4 aromatic rings. The molecular formula is C26H26BN3. The predicted molar refractivity (Wildman–Crippen MR) is 130 cm³/mol. The van der Waals surface area contributed by atoms with Gasteiger partial charge in [0, 0.05) is 29.5 Å². The fourth-order valence-corrected chi connectivity index (χ4v) is 4.40. The lowest BCUT2D eigenvalue weighted by Gasteiger charge is -2.25. The third kappa shape index (κ3) is 4.04. The highest BCUT2D eigenvalue weighted by Crippen LogP contribution is 2.27. The zero-order chi connectivity index (χ0) is 20.3. The Balaban J connectivity index is 1.23. The summed E-state index contributed by atoms with van der Waals surface area (Å²) in [5.74, 6) is 1.60. The molecule has 1 heterocycles. The summed E-state index contributed by atoms with van der Waals surface area (Å²) >= 11 is 0. The van der Waals surface area contributed by atoms with Gasteiger partial charge in [0.25, 0.3) is 0 Å². The zero-order valence-corrected chi connectivity index (χ0v) is 17.4. The van der Waals surface area contributed by atoms with Crippen molar-refractivity contribution >= 4 is 41.3 Å². The van der Waals surface area contributed by atoms with Crippen molar-refractivity contribution in [2.24, 2.45) is 5.92 Å². The highest BCUT2D eigenvalue weighted by atomic mass is 15.0. The lowest BCUT2D eigenvalue weighted by molar-refractivity contribution is 0.481. The van der Waals surface area contributed by atoms with Crippen LogP contribution in [0.2, 0.25) is 0 Å². The van der Waals surface area contributed by atoms with Crippen molar-refractivity contribution in [3.8, 4) is 0 Å². The first-order valence-corrected chi connectivity index (χ1v) is 10.8. The Bertz CT molecular complexity index is 1170.